The van der Waals surface area contributed by atoms with E-state index < -0.39 is 18.0 Å². The summed E-state index contributed by atoms with van der Waals surface area (Å²) in [4.78, 5) is 43.2. The first kappa shape index (κ1) is 27.2. The molecule has 1 aliphatic rings. The van der Waals surface area contributed by atoms with Crippen LogP contribution in [0.2, 0.25) is 5.02 Å². The third-order valence-corrected chi connectivity index (χ3v) is 7.64. The van der Waals surface area contributed by atoms with Crippen LogP contribution in [0.5, 0.6) is 5.75 Å². The molecule has 40 heavy (non-hydrogen) atoms. The molecule has 2 aromatic heterocycles. The van der Waals surface area contributed by atoms with Crippen LogP contribution in [0.15, 0.2) is 80.1 Å². The van der Waals surface area contributed by atoms with Gasteiger partial charge in [-0.05, 0) is 61.9 Å². The number of nitrogens with zero attached hydrogens (tertiary/aromatic N) is 2. The zero-order chi connectivity index (χ0) is 28.6. The number of esters is 1. The number of aromatic nitrogens is 1. The number of allylic oxidation sites excluding steroid dienone is 1. The largest absolute Gasteiger partial charge is 0.497 e. The first-order valence-electron chi connectivity index (χ1n) is 12.2. The summed E-state index contributed by atoms with van der Waals surface area (Å²) in [6.07, 6.45) is 1.59. The first-order chi connectivity index (χ1) is 19.2. The van der Waals surface area contributed by atoms with E-state index in [2.05, 4.69) is 4.99 Å². The zero-order valence-electron chi connectivity index (χ0n) is 21.6. The Kier molecular flexibility index (Phi) is 7.46. The number of hydrogen-bond acceptors (Lipinski definition) is 8. The number of carboxylic acid groups (broad SMARTS) is 1. The van der Waals surface area contributed by atoms with Gasteiger partial charge in [-0.25, -0.2) is 14.6 Å². The van der Waals surface area contributed by atoms with Crippen molar-refractivity contribution in [3.8, 4) is 17.1 Å². The predicted molar refractivity (Wildman–Crippen MR) is 150 cm³/mol. The normalized spacial score (nSPS) is 15.0. The maximum atomic E-state index is 13.8. The van der Waals surface area contributed by atoms with Crippen molar-refractivity contribution in [2.24, 2.45) is 4.99 Å². The van der Waals surface area contributed by atoms with E-state index in [1.54, 1.807) is 69.5 Å². The SMILES string of the molecule is CCOC(=O)C1=C(C)N=c2s/c(=C\c3ccc(-c4ccc(Cl)c(C(=O)O)c4)o3)c(=O)n2[C@@H]1c1ccc(OC)cc1. The van der Waals surface area contributed by atoms with Crippen LogP contribution in [0.25, 0.3) is 17.4 Å². The van der Waals surface area contributed by atoms with E-state index in [-0.39, 0.29) is 28.3 Å². The highest BCUT2D eigenvalue weighted by Gasteiger charge is 2.33. The molecule has 11 heteroatoms. The molecule has 3 heterocycles. The van der Waals surface area contributed by atoms with Crippen molar-refractivity contribution in [1.82, 2.24) is 4.57 Å². The first-order valence-corrected chi connectivity index (χ1v) is 13.4. The molecule has 5 rings (SSSR count). The summed E-state index contributed by atoms with van der Waals surface area (Å²) in [5.74, 6) is -0.259. The van der Waals surface area contributed by atoms with Crippen LogP contribution in [-0.2, 0) is 9.53 Å². The van der Waals surface area contributed by atoms with Crippen LogP contribution < -0.4 is 19.6 Å². The Morgan fingerprint density at radius 2 is 1.93 bits per heavy atom. The van der Waals surface area contributed by atoms with Crippen LogP contribution in [0, 0.1) is 0 Å². The standard InChI is InChI=1S/C29H23ClN2O7S/c1-4-38-28(36)24-15(2)31-29-32(25(24)16-5-8-18(37-3)9-6-16)26(33)23(40-29)14-19-10-12-22(39-19)17-7-11-21(30)20(13-17)27(34)35/h5-14,25H,4H2,1-3H3,(H,34,35)/b23-14-/t25-/m1/s1. The Labute approximate surface area is 236 Å². The van der Waals surface area contributed by atoms with Crippen LogP contribution in [0.1, 0.15) is 41.6 Å². The Balaban J connectivity index is 1.61. The van der Waals surface area contributed by atoms with Crippen LogP contribution >= 0.6 is 22.9 Å². The highest BCUT2D eigenvalue weighted by atomic mass is 35.5. The smallest absolute Gasteiger partial charge is 0.338 e. The summed E-state index contributed by atoms with van der Waals surface area (Å²) in [6, 6.07) is 14.3. The Bertz CT molecular complexity index is 1850. The topological polar surface area (TPSA) is 120 Å². The maximum absolute atomic E-state index is 13.8. The van der Waals surface area contributed by atoms with Gasteiger partial charge in [-0.3, -0.25) is 9.36 Å². The van der Waals surface area contributed by atoms with Crippen molar-refractivity contribution in [3.05, 3.63) is 107 Å². The average molecular weight is 579 g/mol. The van der Waals surface area contributed by atoms with E-state index in [0.29, 0.717) is 43.4 Å². The van der Waals surface area contributed by atoms with Gasteiger partial charge in [-0.2, -0.15) is 0 Å². The van der Waals surface area contributed by atoms with Gasteiger partial charge in [-0.1, -0.05) is 35.1 Å². The predicted octanol–water partition coefficient (Wildman–Crippen LogP) is 4.42. The Morgan fingerprint density at radius 1 is 1.18 bits per heavy atom. The number of carboxylic acids is 1. The quantitative estimate of drug-likeness (QED) is 0.322. The number of benzene rings is 2. The highest BCUT2D eigenvalue weighted by Crippen LogP contribution is 2.32. The van der Waals surface area contributed by atoms with E-state index in [9.17, 15) is 19.5 Å². The van der Waals surface area contributed by atoms with Crippen molar-refractivity contribution in [2.45, 2.75) is 19.9 Å². The molecule has 4 aromatic rings. The van der Waals surface area contributed by atoms with Gasteiger partial charge in [0.1, 0.15) is 17.3 Å². The molecule has 2 aromatic carbocycles. The van der Waals surface area contributed by atoms with Gasteiger partial charge in [-0.15, -0.1) is 0 Å². The molecular weight excluding hydrogens is 556 g/mol. The van der Waals surface area contributed by atoms with Gasteiger partial charge >= 0.3 is 11.9 Å². The van der Waals surface area contributed by atoms with Gasteiger partial charge in [0.15, 0.2) is 4.80 Å². The summed E-state index contributed by atoms with van der Waals surface area (Å²) in [6.45, 7) is 3.61. The number of rotatable bonds is 7. The molecule has 0 aliphatic carbocycles. The molecule has 0 saturated heterocycles. The molecule has 0 fully saturated rings. The molecule has 0 bridgehead atoms. The molecule has 9 nitrogen and oxygen atoms in total. The van der Waals surface area contributed by atoms with Crippen LogP contribution in [0.4, 0.5) is 0 Å². The molecule has 0 spiro atoms. The second-order valence-corrected chi connectivity index (χ2v) is 10.2. The number of hydrogen-bond donors (Lipinski definition) is 1. The molecule has 1 atom stereocenters. The van der Waals surface area contributed by atoms with Crippen molar-refractivity contribution < 1.29 is 28.6 Å². The fourth-order valence-corrected chi connectivity index (χ4v) is 5.68. The van der Waals surface area contributed by atoms with Crippen molar-refractivity contribution in [3.63, 3.8) is 0 Å². The second kappa shape index (κ2) is 11.0. The molecule has 0 amide bonds. The molecule has 204 valence electrons. The van der Waals surface area contributed by atoms with Crippen LogP contribution in [-0.4, -0.2) is 35.3 Å². The van der Waals surface area contributed by atoms with E-state index in [1.807, 2.05) is 0 Å². The number of thiazole rings is 1. The number of fused-ring (bicyclic) bond motifs is 1. The number of halogens is 1. The fraction of sp³-hybridized carbons (Fsp3) is 0.172. The minimum absolute atomic E-state index is 0.0447. The molecule has 1 aliphatic heterocycles. The zero-order valence-corrected chi connectivity index (χ0v) is 23.2. The molecule has 0 radical (unpaired) electrons. The third kappa shape index (κ3) is 4.99. The lowest BCUT2D eigenvalue weighted by molar-refractivity contribution is -0.139. The number of methoxy groups -OCH3 is 1. The molecule has 0 saturated carbocycles. The van der Waals surface area contributed by atoms with Gasteiger partial charge in [0.25, 0.3) is 5.56 Å². The van der Waals surface area contributed by atoms with Crippen molar-refractivity contribution in [1.29, 1.82) is 0 Å². The van der Waals surface area contributed by atoms with E-state index in [4.69, 9.17) is 25.5 Å². The number of carbonyl (C=O) groups is 2. The number of furan rings is 1. The van der Waals surface area contributed by atoms with E-state index in [1.165, 1.54) is 28.0 Å². The summed E-state index contributed by atoms with van der Waals surface area (Å²) in [5, 5.41) is 9.49. The summed E-state index contributed by atoms with van der Waals surface area (Å²) in [5.41, 5.74) is 1.57. The third-order valence-electron chi connectivity index (χ3n) is 6.33. The van der Waals surface area contributed by atoms with Crippen LogP contribution in [0.3, 0.4) is 0 Å². The molecular formula is C29H23ClN2O7S. The number of carbonyl (C=O) groups excluding carboxylic acids is 1. The minimum atomic E-state index is -1.15. The Hall–Kier alpha value is -4.41. The maximum Gasteiger partial charge on any atom is 0.338 e. The van der Waals surface area contributed by atoms with Gasteiger partial charge in [0.05, 0.1) is 46.1 Å². The average Bonchev–Trinajstić information content (AvgIpc) is 3.52. The fourth-order valence-electron chi connectivity index (χ4n) is 4.45. The summed E-state index contributed by atoms with van der Waals surface area (Å²) >= 11 is 7.16. The van der Waals surface area contributed by atoms with Gasteiger partial charge < -0.3 is 19.0 Å². The van der Waals surface area contributed by atoms with Gasteiger partial charge in [0.2, 0.25) is 0 Å². The number of aromatic carboxylic acids is 1. The van der Waals surface area contributed by atoms with E-state index in [0.717, 1.165) is 0 Å². The lowest BCUT2D eigenvalue weighted by Crippen LogP contribution is -2.39. The monoisotopic (exact) mass is 578 g/mol. The molecule has 1 N–H and O–H groups in total. The van der Waals surface area contributed by atoms with Crippen molar-refractivity contribution >= 4 is 41.0 Å². The summed E-state index contributed by atoms with van der Waals surface area (Å²) < 4.78 is 18.3. The lowest BCUT2D eigenvalue weighted by atomic mass is 9.96. The lowest BCUT2D eigenvalue weighted by Gasteiger charge is -2.24. The minimum Gasteiger partial charge on any atom is -0.497 e. The number of ether oxygens (including phenoxy) is 2. The second-order valence-electron chi connectivity index (χ2n) is 8.78. The Morgan fingerprint density at radius 3 is 2.60 bits per heavy atom. The van der Waals surface area contributed by atoms with Crippen molar-refractivity contribution in [2.75, 3.05) is 13.7 Å². The van der Waals surface area contributed by atoms with Gasteiger partial charge in [0, 0.05) is 11.6 Å². The highest BCUT2D eigenvalue weighted by molar-refractivity contribution is 7.07. The molecule has 0 unspecified atom stereocenters. The summed E-state index contributed by atoms with van der Waals surface area (Å²) in [7, 11) is 1.56. The van der Waals surface area contributed by atoms with E-state index >= 15 is 0 Å².